The highest BCUT2D eigenvalue weighted by Gasteiger charge is 2.19. The number of carbonyl (C=O) groups is 3. The van der Waals surface area contributed by atoms with E-state index in [0.29, 0.717) is 19.3 Å². The SMILES string of the molecule is CC/C=C/C/C=C/C/C=C/C/C=C/C/C=C/C/C=C/CCC(=O)OC[C@@H](COC(=O)CCCCCCC/C=C/C/C=C/CCCC)OC(=O)CCCCCCCCCCCCCCCCC. The number of rotatable bonds is 48. The predicted octanol–water partition coefficient (Wildman–Crippen LogP) is 18.1. The summed E-state index contributed by atoms with van der Waals surface area (Å²) in [6.45, 7) is 6.41. The standard InChI is InChI=1S/C60H100O6/c1-4-7-10-13-16-19-22-25-28-29-30-31-33-35-38-41-44-47-50-53-59(62)65-56-57(55-64-58(61)52-49-46-43-40-37-34-27-24-21-18-15-12-9-6-3)66-60(63)54-51-48-45-42-39-36-32-26-23-20-17-14-11-8-5-2/h7,10,15-16,18-19,24-25,27-28,30-31,35,38,44,47,57H,4-6,8-9,11-14,17,20-23,26,29,32-34,36-37,39-43,45-46,48-56H2,1-3H3/b10-7+,18-15+,19-16+,27-24+,28-25+,31-30+,38-35+,47-44+/t57-/m1/s1. The molecule has 0 amide bonds. The molecule has 6 heteroatoms. The van der Waals surface area contributed by atoms with E-state index >= 15 is 0 Å². The molecule has 0 saturated heterocycles. The van der Waals surface area contributed by atoms with Gasteiger partial charge in [0.1, 0.15) is 13.2 Å². The van der Waals surface area contributed by atoms with Crippen LogP contribution in [0.5, 0.6) is 0 Å². The Balaban J connectivity index is 4.51. The van der Waals surface area contributed by atoms with Gasteiger partial charge in [-0.3, -0.25) is 14.4 Å². The number of carbonyl (C=O) groups excluding carboxylic acids is 3. The van der Waals surface area contributed by atoms with Gasteiger partial charge in [0.2, 0.25) is 0 Å². The average molecular weight is 917 g/mol. The summed E-state index contributed by atoms with van der Waals surface area (Å²) in [5, 5.41) is 0. The van der Waals surface area contributed by atoms with Crippen molar-refractivity contribution in [3.63, 3.8) is 0 Å². The summed E-state index contributed by atoms with van der Waals surface area (Å²) >= 11 is 0. The lowest BCUT2D eigenvalue weighted by molar-refractivity contribution is -0.166. The molecule has 0 saturated carbocycles. The van der Waals surface area contributed by atoms with E-state index in [9.17, 15) is 14.4 Å². The molecular weight excluding hydrogens is 817 g/mol. The second-order valence-electron chi connectivity index (χ2n) is 17.8. The number of hydrogen-bond donors (Lipinski definition) is 0. The lowest BCUT2D eigenvalue weighted by Gasteiger charge is -2.18. The summed E-state index contributed by atoms with van der Waals surface area (Å²) in [5.41, 5.74) is 0. The molecule has 0 aromatic heterocycles. The Labute approximate surface area is 407 Å². The lowest BCUT2D eigenvalue weighted by atomic mass is 10.0. The van der Waals surface area contributed by atoms with Crippen molar-refractivity contribution in [2.24, 2.45) is 0 Å². The van der Waals surface area contributed by atoms with E-state index in [1.807, 2.05) is 6.08 Å². The van der Waals surface area contributed by atoms with Gasteiger partial charge in [0.05, 0.1) is 0 Å². The molecule has 0 aliphatic carbocycles. The van der Waals surface area contributed by atoms with Gasteiger partial charge in [-0.1, -0.05) is 240 Å². The second kappa shape index (κ2) is 53.9. The molecule has 0 unspecified atom stereocenters. The molecule has 0 aliphatic rings. The van der Waals surface area contributed by atoms with E-state index in [2.05, 4.69) is 112 Å². The van der Waals surface area contributed by atoms with Crippen molar-refractivity contribution in [1.82, 2.24) is 0 Å². The third-order valence-electron chi connectivity index (χ3n) is 11.3. The van der Waals surface area contributed by atoms with Crippen molar-refractivity contribution in [3.05, 3.63) is 97.2 Å². The highest BCUT2D eigenvalue weighted by atomic mass is 16.6. The minimum absolute atomic E-state index is 0.107. The highest BCUT2D eigenvalue weighted by molar-refractivity contribution is 5.71. The van der Waals surface area contributed by atoms with Crippen molar-refractivity contribution in [2.45, 2.75) is 252 Å². The van der Waals surface area contributed by atoms with Crippen molar-refractivity contribution in [2.75, 3.05) is 13.2 Å². The van der Waals surface area contributed by atoms with Gasteiger partial charge in [-0.2, -0.15) is 0 Å². The Kier molecular flexibility index (Phi) is 50.9. The molecule has 66 heavy (non-hydrogen) atoms. The number of hydrogen-bond acceptors (Lipinski definition) is 6. The van der Waals surface area contributed by atoms with E-state index in [1.165, 1.54) is 96.3 Å². The molecule has 0 aromatic rings. The van der Waals surface area contributed by atoms with Gasteiger partial charge in [-0.05, 0) is 83.5 Å². The summed E-state index contributed by atoms with van der Waals surface area (Å²) in [6, 6.07) is 0. The third kappa shape index (κ3) is 51.3. The van der Waals surface area contributed by atoms with Crippen LogP contribution in [0.15, 0.2) is 97.2 Å². The Bertz CT molecular complexity index is 1330. The fourth-order valence-corrected chi connectivity index (χ4v) is 7.25. The van der Waals surface area contributed by atoms with Crippen molar-refractivity contribution in [1.29, 1.82) is 0 Å². The van der Waals surface area contributed by atoms with Gasteiger partial charge in [0, 0.05) is 19.3 Å². The highest BCUT2D eigenvalue weighted by Crippen LogP contribution is 2.15. The fourth-order valence-electron chi connectivity index (χ4n) is 7.25. The summed E-state index contributed by atoms with van der Waals surface area (Å²) in [6.07, 6.45) is 71.1. The second-order valence-corrected chi connectivity index (χ2v) is 17.8. The Morgan fingerprint density at radius 2 is 0.636 bits per heavy atom. The van der Waals surface area contributed by atoms with E-state index in [1.54, 1.807) is 0 Å². The van der Waals surface area contributed by atoms with E-state index in [0.717, 1.165) is 103 Å². The Morgan fingerprint density at radius 1 is 0.318 bits per heavy atom. The zero-order chi connectivity index (χ0) is 47.9. The van der Waals surface area contributed by atoms with Gasteiger partial charge in [0.15, 0.2) is 6.10 Å². The molecule has 0 heterocycles. The minimum atomic E-state index is -0.812. The monoisotopic (exact) mass is 917 g/mol. The number of esters is 3. The third-order valence-corrected chi connectivity index (χ3v) is 11.3. The zero-order valence-electron chi connectivity index (χ0n) is 42.9. The Morgan fingerprint density at radius 3 is 1.06 bits per heavy atom. The van der Waals surface area contributed by atoms with Crippen LogP contribution in [-0.2, 0) is 28.6 Å². The molecule has 0 aliphatic heterocycles. The lowest BCUT2D eigenvalue weighted by Crippen LogP contribution is -2.30. The molecule has 0 spiro atoms. The Hall–Kier alpha value is -3.67. The van der Waals surface area contributed by atoms with Gasteiger partial charge in [-0.15, -0.1) is 0 Å². The molecule has 0 N–H and O–H groups in total. The number of ether oxygens (including phenoxy) is 3. The summed E-state index contributed by atoms with van der Waals surface area (Å²) in [5.74, 6) is -1.01. The van der Waals surface area contributed by atoms with Crippen LogP contribution in [0, 0.1) is 0 Å². The summed E-state index contributed by atoms with van der Waals surface area (Å²) < 4.78 is 16.8. The van der Waals surface area contributed by atoms with E-state index in [4.69, 9.17) is 14.2 Å². The van der Waals surface area contributed by atoms with Crippen LogP contribution in [0.3, 0.4) is 0 Å². The van der Waals surface area contributed by atoms with Crippen LogP contribution in [-0.4, -0.2) is 37.2 Å². The van der Waals surface area contributed by atoms with Crippen molar-refractivity contribution < 1.29 is 28.6 Å². The van der Waals surface area contributed by atoms with Gasteiger partial charge < -0.3 is 14.2 Å². The van der Waals surface area contributed by atoms with Crippen molar-refractivity contribution >= 4 is 17.9 Å². The molecular formula is C60H100O6. The maximum Gasteiger partial charge on any atom is 0.306 e. The first-order valence-corrected chi connectivity index (χ1v) is 27.2. The van der Waals surface area contributed by atoms with Crippen molar-refractivity contribution in [3.8, 4) is 0 Å². The molecule has 6 nitrogen and oxygen atoms in total. The van der Waals surface area contributed by atoms with Gasteiger partial charge in [0.25, 0.3) is 0 Å². The largest absolute Gasteiger partial charge is 0.462 e. The molecule has 0 fully saturated rings. The van der Waals surface area contributed by atoms with Gasteiger partial charge >= 0.3 is 17.9 Å². The first-order chi connectivity index (χ1) is 32.5. The average Bonchev–Trinajstić information content (AvgIpc) is 3.31. The fraction of sp³-hybridized carbons (Fsp3) is 0.683. The molecule has 1 atom stereocenters. The van der Waals surface area contributed by atoms with E-state index < -0.39 is 6.10 Å². The predicted molar refractivity (Wildman–Crippen MR) is 284 cm³/mol. The smallest absolute Gasteiger partial charge is 0.306 e. The molecule has 0 aromatic carbocycles. The molecule has 376 valence electrons. The van der Waals surface area contributed by atoms with Crippen LogP contribution < -0.4 is 0 Å². The molecule has 0 radical (unpaired) electrons. The van der Waals surface area contributed by atoms with Gasteiger partial charge in [-0.25, -0.2) is 0 Å². The first-order valence-electron chi connectivity index (χ1n) is 27.2. The molecule has 0 bridgehead atoms. The maximum absolute atomic E-state index is 12.8. The van der Waals surface area contributed by atoms with Crippen LogP contribution in [0.2, 0.25) is 0 Å². The van der Waals surface area contributed by atoms with Crippen LogP contribution in [0.1, 0.15) is 245 Å². The minimum Gasteiger partial charge on any atom is -0.462 e. The maximum atomic E-state index is 12.8. The van der Waals surface area contributed by atoms with E-state index in [-0.39, 0.29) is 37.5 Å². The topological polar surface area (TPSA) is 78.9 Å². The number of unbranched alkanes of at least 4 members (excludes halogenated alkanes) is 21. The normalized spacial score (nSPS) is 12.8. The van der Waals surface area contributed by atoms with Crippen LogP contribution >= 0.6 is 0 Å². The summed E-state index contributed by atoms with van der Waals surface area (Å²) in [4.78, 5) is 38.0. The summed E-state index contributed by atoms with van der Waals surface area (Å²) in [7, 11) is 0. The zero-order valence-corrected chi connectivity index (χ0v) is 42.9. The molecule has 0 rings (SSSR count). The van der Waals surface area contributed by atoms with Crippen LogP contribution in [0.4, 0.5) is 0 Å². The quantitative estimate of drug-likeness (QED) is 0.0262. The van der Waals surface area contributed by atoms with Crippen LogP contribution in [0.25, 0.3) is 0 Å². The first kappa shape index (κ1) is 62.3. The number of allylic oxidation sites excluding steroid dienone is 16.